The minimum Gasteiger partial charge on any atom is -0.336 e. The summed E-state index contributed by atoms with van der Waals surface area (Å²) in [7, 11) is -3.58. The summed E-state index contributed by atoms with van der Waals surface area (Å²) in [6.45, 7) is 2.02. The van der Waals surface area contributed by atoms with E-state index in [4.69, 9.17) is 11.6 Å². The largest absolute Gasteiger partial charge is 0.336 e. The van der Waals surface area contributed by atoms with Crippen molar-refractivity contribution >= 4 is 32.3 Å². The first-order valence-corrected chi connectivity index (χ1v) is 10.7. The third-order valence-electron chi connectivity index (χ3n) is 5.05. The molecule has 1 radical (unpaired) electrons. The molecule has 1 aromatic heterocycles. The standard InChI is InChI=1S/C20H18ClFNO2S/c1-12(13-6-8-14(21)9-7-13)23-18-5-3-4-16(18)17-10-15(22)11-19(20(17)23)26(2,24)25/h5-12H,3-4H2,1-2H3. The minimum atomic E-state index is -3.58. The maximum atomic E-state index is 14.2. The molecule has 0 N–H and O–H groups in total. The Morgan fingerprint density at radius 2 is 1.88 bits per heavy atom. The second-order valence-corrected chi connectivity index (χ2v) is 9.20. The maximum absolute atomic E-state index is 14.2. The second-order valence-electron chi connectivity index (χ2n) is 6.78. The molecular formula is C20H18ClFNO2S. The van der Waals surface area contributed by atoms with Gasteiger partial charge < -0.3 is 4.57 Å². The van der Waals surface area contributed by atoms with Gasteiger partial charge in [0, 0.05) is 28.8 Å². The van der Waals surface area contributed by atoms with Gasteiger partial charge in [0.25, 0.3) is 0 Å². The molecule has 0 fully saturated rings. The Kier molecular flexibility index (Phi) is 4.12. The summed E-state index contributed by atoms with van der Waals surface area (Å²) >= 11 is 6.00. The van der Waals surface area contributed by atoms with Gasteiger partial charge in [-0.05, 0) is 55.2 Å². The molecule has 0 spiro atoms. The molecular weight excluding hydrogens is 373 g/mol. The van der Waals surface area contributed by atoms with Gasteiger partial charge in [0.05, 0.1) is 16.5 Å². The summed E-state index contributed by atoms with van der Waals surface area (Å²) in [5.41, 5.74) is 3.60. The van der Waals surface area contributed by atoms with E-state index in [1.165, 1.54) is 6.07 Å². The van der Waals surface area contributed by atoms with Crippen LogP contribution in [0.5, 0.6) is 0 Å². The smallest absolute Gasteiger partial charge is 0.177 e. The van der Waals surface area contributed by atoms with Crippen LogP contribution in [0.4, 0.5) is 4.39 Å². The summed E-state index contributed by atoms with van der Waals surface area (Å²) < 4.78 is 40.9. The number of hydrogen-bond acceptors (Lipinski definition) is 2. The van der Waals surface area contributed by atoms with E-state index >= 15 is 0 Å². The number of fused-ring (bicyclic) bond motifs is 3. The quantitative estimate of drug-likeness (QED) is 0.635. The van der Waals surface area contributed by atoms with Crippen molar-refractivity contribution in [3.63, 3.8) is 0 Å². The van der Waals surface area contributed by atoms with Crippen molar-refractivity contribution in [2.45, 2.75) is 30.7 Å². The zero-order chi connectivity index (χ0) is 18.6. The lowest BCUT2D eigenvalue weighted by atomic mass is 10.1. The normalized spacial score (nSPS) is 15.4. The van der Waals surface area contributed by atoms with Crippen LogP contribution in [0.1, 0.15) is 36.2 Å². The van der Waals surface area contributed by atoms with Crippen molar-refractivity contribution in [3.05, 3.63) is 70.5 Å². The van der Waals surface area contributed by atoms with Crippen LogP contribution in [0.25, 0.3) is 10.9 Å². The molecule has 135 valence electrons. The SMILES string of the molecule is CC(c1ccc(Cl)cc1)n1c2c(c3cc(F)cc(S(C)(=O)=O)c31)CC[CH]2. The Morgan fingerprint density at radius 1 is 1.19 bits per heavy atom. The summed E-state index contributed by atoms with van der Waals surface area (Å²) in [5, 5.41) is 1.34. The molecule has 3 nitrogen and oxygen atoms in total. The lowest BCUT2D eigenvalue weighted by molar-refractivity contribution is 0.594. The predicted molar refractivity (Wildman–Crippen MR) is 102 cm³/mol. The maximum Gasteiger partial charge on any atom is 0.177 e. The Labute approximate surface area is 157 Å². The third kappa shape index (κ3) is 2.74. The molecule has 26 heavy (non-hydrogen) atoms. The number of hydrogen-bond donors (Lipinski definition) is 0. The monoisotopic (exact) mass is 390 g/mol. The van der Waals surface area contributed by atoms with Gasteiger partial charge in [0.15, 0.2) is 9.84 Å². The van der Waals surface area contributed by atoms with Crippen LogP contribution in [-0.2, 0) is 16.3 Å². The first kappa shape index (κ1) is 17.6. The first-order chi connectivity index (χ1) is 12.3. The number of aromatic nitrogens is 1. The van der Waals surface area contributed by atoms with Gasteiger partial charge in [-0.15, -0.1) is 0 Å². The molecule has 0 bridgehead atoms. The van der Waals surface area contributed by atoms with Crippen molar-refractivity contribution in [1.29, 1.82) is 0 Å². The number of halogens is 2. The molecule has 4 rings (SSSR count). The zero-order valence-corrected chi connectivity index (χ0v) is 16.0. The molecule has 1 atom stereocenters. The fraction of sp³-hybridized carbons (Fsp3) is 0.250. The zero-order valence-electron chi connectivity index (χ0n) is 14.5. The Morgan fingerprint density at radius 3 is 2.54 bits per heavy atom. The molecule has 3 aromatic rings. The van der Waals surface area contributed by atoms with Crippen molar-refractivity contribution in [1.82, 2.24) is 4.57 Å². The van der Waals surface area contributed by atoms with Crippen LogP contribution in [0.15, 0.2) is 41.3 Å². The van der Waals surface area contributed by atoms with Crippen LogP contribution in [0.3, 0.4) is 0 Å². The number of sulfone groups is 1. The van der Waals surface area contributed by atoms with Gasteiger partial charge in [0.1, 0.15) is 5.82 Å². The van der Waals surface area contributed by atoms with Crippen molar-refractivity contribution in [2.75, 3.05) is 6.26 Å². The van der Waals surface area contributed by atoms with Crippen molar-refractivity contribution < 1.29 is 12.8 Å². The van der Waals surface area contributed by atoms with Crippen molar-refractivity contribution in [2.24, 2.45) is 0 Å². The molecule has 0 amide bonds. The number of aryl methyl sites for hydroxylation is 1. The molecule has 1 aliphatic rings. The van der Waals surface area contributed by atoms with Gasteiger partial charge >= 0.3 is 0 Å². The third-order valence-corrected chi connectivity index (χ3v) is 6.41. The average Bonchev–Trinajstić information content (AvgIpc) is 3.14. The topological polar surface area (TPSA) is 39.1 Å². The molecule has 1 heterocycles. The van der Waals surface area contributed by atoms with E-state index in [1.807, 2.05) is 35.8 Å². The summed E-state index contributed by atoms with van der Waals surface area (Å²) in [6.07, 6.45) is 4.89. The Balaban J connectivity index is 2.07. The second kappa shape index (κ2) is 6.10. The van der Waals surface area contributed by atoms with Gasteiger partial charge in [-0.25, -0.2) is 12.8 Å². The molecule has 6 heteroatoms. The highest BCUT2D eigenvalue weighted by atomic mass is 35.5. The van der Waals surface area contributed by atoms with Crippen LogP contribution in [0.2, 0.25) is 5.02 Å². The fourth-order valence-electron chi connectivity index (χ4n) is 3.87. The van der Waals surface area contributed by atoms with Gasteiger partial charge in [-0.1, -0.05) is 23.7 Å². The number of nitrogens with zero attached hydrogens (tertiary/aromatic N) is 1. The van der Waals surface area contributed by atoms with E-state index in [2.05, 4.69) is 6.42 Å². The number of benzene rings is 2. The summed E-state index contributed by atoms with van der Waals surface area (Å²) in [4.78, 5) is 0.0381. The van der Waals surface area contributed by atoms with E-state index in [9.17, 15) is 12.8 Å². The van der Waals surface area contributed by atoms with Crippen LogP contribution in [0, 0.1) is 12.2 Å². The van der Waals surface area contributed by atoms with Crippen LogP contribution >= 0.6 is 11.6 Å². The van der Waals surface area contributed by atoms with Crippen molar-refractivity contribution in [3.8, 4) is 0 Å². The van der Waals surface area contributed by atoms with E-state index in [1.54, 1.807) is 0 Å². The Hall–Kier alpha value is -1.85. The van der Waals surface area contributed by atoms with E-state index in [0.717, 1.165) is 42.0 Å². The van der Waals surface area contributed by atoms with E-state index in [0.29, 0.717) is 15.9 Å². The lowest BCUT2D eigenvalue weighted by Crippen LogP contribution is -2.11. The highest BCUT2D eigenvalue weighted by Crippen LogP contribution is 2.41. The first-order valence-electron chi connectivity index (χ1n) is 8.42. The Bertz CT molecular complexity index is 1120. The molecule has 0 aliphatic heterocycles. The van der Waals surface area contributed by atoms with Crippen LogP contribution in [-0.4, -0.2) is 19.2 Å². The van der Waals surface area contributed by atoms with Gasteiger partial charge in [-0.2, -0.15) is 0 Å². The molecule has 2 aromatic carbocycles. The predicted octanol–water partition coefficient (Wildman–Crippen LogP) is 4.95. The fourth-order valence-corrected chi connectivity index (χ4v) is 4.88. The highest BCUT2D eigenvalue weighted by Gasteiger charge is 2.29. The molecule has 0 saturated carbocycles. The molecule has 0 saturated heterocycles. The average molecular weight is 391 g/mol. The summed E-state index contributed by atoms with van der Waals surface area (Å²) in [6, 6.07) is 9.97. The number of rotatable bonds is 3. The van der Waals surface area contributed by atoms with Crippen LogP contribution < -0.4 is 0 Å². The van der Waals surface area contributed by atoms with E-state index in [-0.39, 0.29) is 10.9 Å². The summed E-state index contributed by atoms with van der Waals surface area (Å²) in [5.74, 6) is -0.524. The molecule has 1 unspecified atom stereocenters. The van der Waals surface area contributed by atoms with E-state index < -0.39 is 15.7 Å². The highest BCUT2D eigenvalue weighted by molar-refractivity contribution is 7.91. The van der Waals surface area contributed by atoms with Gasteiger partial charge in [-0.3, -0.25) is 0 Å². The lowest BCUT2D eigenvalue weighted by Gasteiger charge is -2.20. The molecule has 1 aliphatic carbocycles. The minimum absolute atomic E-state index is 0.0381. The van der Waals surface area contributed by atoms with Gasteiger partial charge in [0.2, 0.25) is 0 Å².